The summed E-state index contributed by atoms with van der Waals surface area (Å²) in [6.45, 7) is 12.2. The first kappa shape index (κ1) is 22.2. The minimum absolute atomic E-state index is 0.147. The Balaban J connectivity index is 4.76. The fourth-order valence-corrected chi connectivity index (χ4v) is 6.63. The normalized spacial score (nSPS) is 13.3. The van der Waals surface area contributed by atoms with E-state index in [2.05, 4.69) is 13.8 Å². The third-order valence-corrected chi connectivity index (χ3v) is 8.17. The van der Waals surface area contributed by atoms with Gasteiger partial charge in [0.1, 0.15) is 0 Å². The van der Waals surface area contributed by atoms with Gasteiger partial charge in [-0.2, -0.15) is 0 Å². The largest absolute Gasteiger partial charge is 0.509 e. The molecule has 0 saturated heterocycles. The first-order valence-electron chi connectivity index (χ1n) is 9.06. The fraction of sp³-hybridized carbons (Fsp3) is 0.941. The van der Waals surface area contributed by atoms with Gasteiger partial charge in [-0.1, -0.05) is 51.7 Å². The molecular weight excluding hydrogens is 312 g/mol. The van der Waals surface area contributed by atoms with E-state index in [1.54, 1.807) is 0 Å². The van der Waals surface area contributed by atoms with Crippen molar-refractivity contribution < 1.29 is 13.3 Å². The summed E-state index contributed by atoms with van der Waals surface area (Å²) >= 11 is 5.74. The Bertz CT molecular complexity index is 270. The molecule has 0 spiro atoms. The van der Waals surface area contributed by atoms with Crippen molar-refractivity contribution >= 4 is 25.9 Å². The van der Waals surface area contributed by atoms with Crippen molar-refractivity contribution in [3.63, 3.8) is 0 Å². The van der Waals surface area contributed by atoms with Gasteiger partial charge in [-0.25, -0.2) is 0 Å². The van der Waals surface area contributed by atoms with Crippen LogP contribution in [0.1, 0.15) is 79.6 Å². The van der Waals surface area contributed by atoms with Crippen LogP contribution in [0.5, 0.6) is 0 Å². The van der Waals surface area contributed by atoms with Crippen LogP contribution in [0.2, 0.25) is 5.54 Å². The summed E-state index contributed by atoms with van der Waals surface area (Å²) in [5.74, 6) is 0. The molecule has 0 aliphatic rings. The van der Waals surface area contributed by atoms with Crippen LogP contribution in [0.15, 0.2) is 0 Å². The standard InChI is InChI=1S/C17H36O3SSi/c1-6-11-12-13-14-15-16(21)17(7-2)22(18-8-3,19-9-4)20-10-5/h17H,6-15H2,1-5H3. The maximum absolute atomic E-state index is 6.04. The SMILES string of the molecule is CCCCCCCC(=S)C(CC)[Si](OCC)(OCC)OCC. The molecule has 5 heteroatoms. The molecule has 0 aliphatic carbocycles. The zero-order valence-electron chi connectivity index (χ0n) is 15.3. The van der Waals surface area contributed by atoms with Crippen LogP contribution in [-0.2, 0) is 13.3 Å². The molecule has 0 aromatic carbocycles. The minimum Gasteiger partial charge on any atom is -0.373 e. The van der Waals surface area contributed by atoms with Gasteiger partial charge in [0, 0.05) is 24.7 Å². The van der Waals surface area contributed by atoms with Gasteiger partial charge in [-0.3, -0.25) is 0 Å². The van der Waals surface area contributed by atoms with Gasteiger partial charge in [0.25, 0.3) is 0 Å². The van der Waals surface area contributed by atoms with Crippen molar-refractivity contribution in [1.82, 2.24) is 0 Å². The van der Waals surface area contributed by atoms with Gasteiger partial charge >= 0.3 is 8.80 Å². The molecule has 0 aromatic heterocycles. The van der Waals surface area contributed by atoms with E-state index in [0.717, 1.165) is 17.7 Å². The summed E-state index contributed by atoms with van der Waals surface area (Å²) in [6, 6.07) is 0. The maximum Gasteiger partial charge on any atom is 0.509 e. The molecule has 0 amide bonds. The molecule has 0 N–H and O–H groups in total. The summed E-state index contributed by atoms with van der Waals surface area (Å²) < 4.78 is 18.1. The van der Waals surface area contributed by atoms with Crippen LogP contribution in [0.3, 0.4) is 0 Å². The Labute approximate surface area is 144 Å². The Morgan fingerprint density at radius 3 is 1.73 bits per heavy atom. The van der Waals surface area contributed by atoms with Crippen LogP contribution < -0.4 is 0 Å². The second-order valence-corrected chi connectivity index (χ2v) is 8.79. The Morgan fingerprint density at radius 1 is 0.818 bits per heavy atom. The second kappa shape index (κ2) is 13.6. The van der Waals surface area contributed by atoms with E-state index >= 15 is 0 Å². The van der Waals surface area contributed by atoms with E-state index in [4.69, 9.17) is 25.5 Å². The number of unbranched alkanes of at least 4 members (excludes halogenated alkanes) is 4. The molecule has 0 fully saturated rings. The monoisotopic (exact) mass is 348 g/mol. The van der Waals surface area contributed by atoms with Gasteiger partial charge < -0.3 is 13.3 Å². The molecule has 0 rings (SSSR count). The van der Waals surface area contributed by atoms with E-state index in [1.807, 2.05) is 20.8 Å². The zero-order chi connectivity index (χ0) is 16.8. The van der Waals surface area contributed by atoms with E-state index in [-0.39, 0.29) is 5.54 Å². The predicted molar refractivity (Wildman–Crippen MR) is 101 cm³/mol. The highest BCUT2D eigenvalue weighted by atomic mass is 32.1. The molecule has 0 saturated carbocycles. The highest BCUT2D eigenvalue weighted by Crippen LogP contribution is 2.32. The topological polar surface area (TPSA) is 27.7 Å². The quantitative estimate of drug-likeness (QED) is 0.220. The minimum atomic E-state index is -2.70. The van der Waals surface area contributed by atoms with Gasteiger partial charge in [0.15, 0.2) is 0 Å². The second-order valence-electron chi connectivity index (χ2n) is 5.49. The molecule has 3 nitrogen and oxygen atoms in total. The molecular formula is C17H36O3SSi. The predicted octanol–water partition coefficient (Wildman–Crippen LogP) is 5.55. The molecule has 132 valence electrons. The lowest BCUT2D eigenvalue weighted by molar-refractivity contribution is 0.0666. The number of hydrogen-bond acceptors (Lipinski definition) is 4. The van der Waals surface area contributed by atoms with Crippen molar-refractivity contribution in [3.05, 3.63) is 0 Å². The third kappa shape index (κ3) is 7.64. The summed E-state index contributed by atoms with van der Waals surface area (Å²) in [5.41, 5.74) is 0.147. The Morgan fingerprint density at radius 2 is 1.32 bits per heavy atom. The van der Waals surface area contributed by atoms with Crippen molar-refractivity contribution in [2.24, 2.45) is 0 Å². The van der Waals surface area contributed by atoms with E-state index in [1.165, 1.54) is 32.1 Å². The van der Waals surface area contributed by atoms with Crippen molar-refractivity contribution in [2.75, 3.05) is 19.8 Å². The van der Waals surface area contributed by atoms with Crippen LogP contribution in [-0.4, -0.2) is 33.5 Å². The fourth-order valence-electron chi connectivity index (χ4n) is 2.78. The summed E-state index contributed by atoms with van der Waals surface area (Å²) in [7, 11) is -2.70. The van der Waals surface area contributed by atoms with Crippen LogP contribution in [0.4, 0.5) is 0 Å². The van der Waals surface area contributed by atoms with E-state index < -0.39 is 8.80 Å². The lowest BCUT2D eigenvalue weighted by Crippen LogP contribution is -2.52. The lowest BCUT2D eigenvalue weighted by atomic mass is 10.1. The molecule has 0 aliphatic heterocycles. The van der Waals surface area contributed by atoms with Gasteiger partial charge in [-0.15, -0.1) is 0 Å². The number of hydrogen-bond donors (Lipinski definition) is 0. The number of thiocarbonyl (C=S) groups is 1. The van der Waals surface area contributed by atoms with Crippen LogP contribution in [0.25, 0.3) is 0 Å². The summed E-state index contributed by atoms with van der Waals surface area (Å²) in [5, 5.41) is 0. The smallest absolute Gasteiger partial charge is 0.373 e. The van der Waals surface area contributed by atoms with Gasteiger partial charge in [0.05, 0.1) is 5.54 Å². The highest BCUT2D eigenvalue weighted by molar-refractivity contribution is 7.80. The first-order chi connectivity index (χ1) is 10.6. The highest BCUT2D eigenvalue weighted by Gasteiger charge is 2.49. The van der Waals surface area contributed by atoms with Gasteiger partial charge in [0.2, 0.25) is 0 Å². The molecule has 0 bridgehead atoms. The Kier molecular flexibility index (Phi) is 13.7. The van der Waals surface area contributed by atoms with Crippen molar-refractivity contribution in [3.8, 4) is 0 Å². The van der Waals surface area contributed by atoms with Crippen LogP contribution >= 0.6 is 12.2 Å². The average Bonchev–Trinajstić information content (AvgIpc) is 2.48. The van der Waals surface area contributed by atoms with E-state index in [0.29, 0.717) is 19.8 Å². The average molecular weight is 349 g/mol. The molecule has 0 heterocycles. The third-order valence-electron chi connectivity index (χ3n) is 3.79. The van der Waals surface area contributed by atoms with Crippen molar-refractivity contribution in [2.45, 2.75) is 85.1 Å². The first-order valence-corrected chi connectivity index (χ1v) is 11.3. The lowest BCUT2D eigenvalue weighted by Gasteiger charge is -2.35. The van der Waals surface area contributed by atoms with Crippen LogP contribution in [0, 0.1) is 0 Å². The molecule has 1 atom stereocenters. The Hall–Kier alpha value is 0.187. The molecule has 0 radical (unpaired) electrons. The molecule has 1 unspecified atom stereocenters. The molecule has 0 aromatic rings. The molecule has 22 heavy (non-hydrogen) atoms. The van der Waals surface area contributed by atoms with Gasteiger partial charge in [-0.05, 0) is 40.0 Å². The number of rotatable bonds is 15. The zero-order valence-corrected chi connectivity index (χ0v) is 17.1. The maximum atomic E-state index is 6.04. The van der Waals surface area contributed by atoms with E-state index in [9.17, 15) is 0 Å². The van der Waals surface area contributed by atoms with Crippen molar-refractivity contribution in [1.29, 1.82) is 0 Å². The summed E-state index contributed by atoms with van der Waals surface area (Å²) in [4.78, 5) is 1.08. The summed E-state index contributed by atoms with van der Waals surface area (Å²) in [6.07, 6.45) is 8.25.